The van der Waals surface area contributed by atoms with Crippen molar-refractivity contribution in [3.05, 3.63) is 54.1 Å². The standard InChI is InChI=1S/C22H24N4O5S2/c1-15(2)32-18-7-3-17(4-8-18)21-24-25-22(31-21)23-20(27)16-5-9-19(10-6-16)33(28,29)26-11-13-30-14-12-26/h3-10,15H,11-14H2,1-2H3,(H,23,25,27). The predicted octanol–water partition coefficient (Wildman–Crippen LogP) is 3.51. The van der Waals surface area contributed by atoms with Crippen LogP contribution < -0.4 is 5.32 Å². The number of nitrogens with zero attached hydrogens (tertiary/aromatic N) is 3. The second-order valence-electron chi connectivity index (χ2n) is 7.60. The summed E-state index contributed by atoms with van der Waals surface area (Å²) >= 11 is 1.75. The lowest BCUT2D eigenvalue weighted by atomic mass is 10.2. The maximum Gasteiger partial charge on any atom is 0.322 e. The zero-order valence-corrected chi connectivity index (χ0v) is 19.9. The molecule has 1 saturated heterocycles. The van der Waals surface area contributed by atoms with Crippen LogP contribution in [-0.4, -0.2) is 60.4 Å². The Labute approximate surface area is 196 Å². The number of morpholine rings is 1. The fraction of sp³-hybridized carbons (Fsp3) is 0.318. The maximum atomic E-state index is 12.7. The molecule has 33 heavy (non-hydrogen) atoms. The fourth-order valence-corrected chi connectivity index (χ4v) is 5.47. The normalized spacial score (nSPS) is 15.0. The van der Waals surface area contributed by atoms with Crippen LogP contribution in [0.1, 0.15) is 24.2 Å². The second-order valence-corrected chi connectivity index (χ2v) is 11.2. The van der Waals surface area contributed by atoms with E-state index in [0.29, 0.717) is 37.4 Å². The van der Waals surface area contributed by atoms with E-state index in [-0.39, 0.29) is 16.5 Å². The summed E-state index contributed by atoms with van der Waals surface area (Å²) in [6.07, 6.45) is 0. The highest BCUT2D eigenvalue weighted by molar-refractivity contribution is 7.99. The van der Waals surface area contributed by atoms with Crippen LogP contribution in [0.2, 0.25) is 0 Å². The number of hydrogen-bond acceptors (Lipinski definition) is 8. The van der Waals surface area contributed by atoms with Gasteiger partial charge >= 0.3 is 6.01 Å². The molecule has 1 amide bonds. The van der Waals surface area contributed by atoms with Crippen LogP contribution in [0.5, 0.6) is 0 Å². The van der Waals surface area contributed by atoms with Crippen molar-refractivity contribution in [3.8, 4) is 11.5 Å². The smallest absolute Gasteiger partial charge is 0.322 e. The number of carbonyl (C=O) groups is 1. The first-order valence-electron chi connectivity index (χ1n) is 10.4. The van der Waals surface area contributed by atoms with Gasteiger partial charge in [-0.05, 0) is 48.5 Å². The van der Waals surface area contributed by atoms with E-state index in [9.17, 15) is 13.2 Å². The average molecular weight is 489 g/mol. The number of hydrogen-bond donors (Lipinski definition) is 1. The minimum Gasteiger partial charge on any atom is -0.403 e. The summed E-state index contributed by atoms with van der Waals surface area (Å²) in [6.45, 7) is 5.61. The molecule has 3 aromatic rings. The van der Waals surface area contributed by atoms with Crippen LogP contribution in [0.3, 0.4) is 0 Å². The van der Waals surface area contributed by atoms with Gasteiger partial charge in [0.1, 0.15) is 0 Å². The number of ether oxygens (including phenoxy) is 1. The number of aromatic nitrogens is 2. The summed E-state index contributed by atoms with van der Waals surface area (Å²) in [4.78, 5) is 13.8. The third-order valence-corrected chi connectivity index (χ3v) is 7.77. The van der Waals surface area contributed by atoms with Crippen molar-refractivity contribution in [1.82, 2.24) is 14.5 Å². The van der Waals surface area contributed by atoms with Crippen LogP contribution in [0.25, 0.3) is 11.5 Å². The lowest BCUT2D eigenvalue weighted by Crippen LogP contribution is -2.40. The molecule has 0 bridgehead atoms. The summed E-state index contributed by atoms with van der Waals surface area (Å²) in [5, 5.41) is 10.9. The third-order valence-electron chi connectivity index (χ3n) is 4.84. The van der Waals surface area contributed by atoms with Crippen molar-refractivity contribution in [2.45, 2.75) is 28.9 Å². The number of nitrogens with one attached hydrogen (secondary N) is 1. The molecule has 2 aromatic carbocycles. The lowest BCUT2D eigenvalue weighted by molar-refractivity contribution is 0.0730. The highest BCUT2D eigenvalue weighted by Crippen LogP contribution is 2.27. The number of carbonyl (C=O) groups excluding carboxylic acids is 1. The molecule has 1 N–H and O–H groups in total. The van der Waals surface area contributed by atoms with Gasteiger partial charge in [-0.1, -0.05) is 18.9 Å². The summed E-state index contributed by atoms with van der Waals surface area (Å²) < 4.78 is 37.6. The van der Waals surface area contributed by atoms with E-state index < -0.39 is 15.9 Å². The number of amides is 1. The molecular weight excluding hydrogens is 464 g/mol. The van der Waals surface area contributed by atoms with E-state index in [1.807, 2.05) is 24.3 Å². The Morgan fingerprint density at radius 1 is 1.03 bits per heavy atom. The molecule has 0 spiro atoms. The molecule has 11 heteroatoms. The van der Waals surface area contributed by atoms with Gasteiger partial charge in [0, 0.05) is 34.4 Å². The predicted molar refractivity (Wildman–Crippen MR) is 125 cm³/mol. The van der Waals surface area contributed by atoms with E-state index in [2.05, 4.69) is 29.4 Å². The highest BCUT2D eigenvalue weighted by Gasteiger charge is 2.26. The Hall–Kier alpha value is -2.73. The minimum absolute atomic E-state index is 0.0411. The number of rotatable bonds is 7. The molecule has 4 rings (SSSR count). The minimum atomic E-state index is -3.62. The molecule has 9 nitrogen and oxygen atoms in total. The monoisotopic (exact) mass is 488 g/mol. The van der Waals surface area contributed by atoms with Gasteiger partial charge in [0.2, 0.25) is 15.9 Å². The van der Waals surface area contributed by atoms with Crippen molar-refractivity contribution < 1.29 is 22.4 Å². The quantitative estimate of drug-likeness (QED) is 0.503. The van der Waals surface area contributed by atoms with Gasteiger partial charge < -0.3 is 9.15 Å². The van der Waals surface area contributed by atoms with Crippen LogP contribution in [0, 0.1) is 0 Å². The van der Waals surface area contributed by atoms with Crippen molar-refractivity contribution in [2.24, 2.45) is 0 Å². The van der Waals surface area contributed by atoms with Crippen molar-refractivity contribution in [2.75, 3.05) is 31.6 Å². The second kappa shape index (κ2) is 10.0. The molecule has 0 atom stereocenters. The van der Waals surface area contributed by atoms with Gasteiger partial charge in [-0.15, -0.1) is 16.9 Å². The van der Waals surface area contributed by atoms with Gasteiger partial charge in [0.05, 0.1) is 18.1 Å². The highest BCUT2D eigenvalue weighted by atomic mass is 32.2. The first-order valence-corrected chi connectivity index (χ1v) is 12.7. The summed E-state index contributed by atoms with van der Waals surface area (Å²) in [5.74, 6) is -0.192. The van der Waals surface area contributed by atoms with Crippen LogP contribution in [0.15, 0.2) is 62.7 Å². The van der Waals surface area contributed by atoms with E-state index in [1.165, 1.54) is 28.6 Å². The Bertz CT molecular complexity index is 1200. The Balaban J connectivity index is 1.41. The van der Waals surface area contributed by atoms with Gasteiger partial charge in [-0.2, -0.15) is 4.31 Å². The molecular formula is C22H24N4O5S2. The van der Waals surface area contributed by atoms with Crippen molar-refractivity contribution in [3.63, 3.8) is 0 Å². The zero-order chi connectivity index (χ0) is 23.4. The average Bonchev–Trinajstić information content (AvgIpc) is 3.28. The van der Waals surface area contributed by atoms with Crippen LogP contribution in [-0.2, 0) is 14.8 Å². The van der Waals surface area contributed by atoms with E-state index in [4.69, 9.17) is 9.15 Å². The van der Waals surface area contributed by atoms with Gasteiger partial charge in [0.25, 0.3) is 5.91 Å². The van der Waals surface area contributed by atoms with Crippen molar-refractivity contribution in [1.29, 1.82) is 0 Å². The number of thioether (sulfide) groups is 1. The Kier molecular flexibility index (Phi) is 7.13. The molecule has 0 saturated carbocycles. The first kappa shape index (κ1) is 23.4. The Morgan fingerprint density at radius 2 is 1.70 bits per heavy atom. The van der Waals surface area contributed by atoms with Gasteiger partial charge in [-0.3, -0.25) is 10.1 Å². The SMILES string of the molecule is CC(C)Sc1ccc(-c2nnc(NC(=O)c3ccc(S(=O)(=O)N4CCOCC4)cc3)o2)cc1. The fourth-order valence-electron chi connectivity index (χ4n) is 3.22. The lowest BCUT2D eigenvalue weighted by Gasteiger charge is -2.26. The van der Waals surface area contributed by atoms with E-state index in [0.717, 1.165) is 10.5 Å². The molecule has 0 radical (unpaired) electrons. The zero-order valence-electron chi connectivity index (χ0n) is 18.2. The molecule has 1 aliphatic heterocycles. The molecule has 174 valence electrons. The van der Waals surface area contributed by atoms with Crippen LogP contribution in [0.4, 0.5) is 6.01 Å². The Morgan fingerprint density at radius 3 is 2.33 bits per heavy atom. The number of sulfonamides is 1. The maximum absolute atomic E-state index is 12.7. The topological polar surface area (TPSA) is 115 Å². The molecule has 1 aromatic heterocycles. The van der Waals surface area contributed by atoms with Crippen LogP contribution >= 0.6 is 11.8 Å². The third kappa shape index (κ3) is 5.61. The summed E-state index contributed by atoms with van der Waals surface area (Å²) in [6, 6.07) is 13.4. The molecule has 0 aliphatic carbocycles. The van der Waals surface area contributed by atoms with E-state index in [1.54, 1.807) is 11.8 Å². The summed E-state index contributed by atoms with van der Waals surface area (Å²) in [7, 11) is -3.62. The number of anilines is 1. The van der Waals surface area contributed by atoms with Gasteiger partial charge in [0.15, 0.2) is 0 Å². The van der Waals surface area contributed by atoms with Gasteiger partial charge in [-0.25, -0.2) is 8.42 Å². The van der Waals surface area contributed by atoms with E-state index >= 15 is 0 Å². The molecule has 1 aliphatic rings. The molecule has 1 fully saturated rings. The molecule has 0 unspecified atom stereocenters. The van der Waals surface area contributed by atoms with Crippen molar-refractivity contribution >= 4 is 33.7 Å². The molecule has 2 heterocycles. The largest absolute Gasteiger partial charge is 0.403 e. The number of benzene rings is 2. The summed E-state index contributed by atoms with van der Waals surface area (Å²) in [5.41, 5.74) is 1.01. The first-order chi connectivity index (χ1) is 15.8.